The van der Waals surface area contributed by atoms with Crippen LogP contribution in [0.2, 0.25) is 0 Å². The van der Waals surface area contributed by atoms with E-state index in [1.54, 1.807) is 0 Å². The van der Waals surface area contributed by atoms with Crippen LogP contribution in [0, 0.1) is 13.8 Å². The molecule has 0 fully saturated rings. The highest BCUT2D eigenvalue weighted by Gasteiger charge is 2.14. The summed E-state index contributed by atoms with van der Waals surface area (Å²) in [6.45, 7) is 10.2. The average Bonchev–Trinajstić information content (AvgIpc) is 2.90. The van der Waals surface area contributed by atoms with E-state index >= 15 is 0 Å². The molecule has 1 nitrogen and oxygen atoms in total. The Balaban J connectivity index is 1.82. The van der Waals surface area contributed by atoms with E-state index in [9.17, 15) is 0 Å². The van der Waals surface area contributed by atoms with Gasteiger partial charge in [-0.25, -0.2) is 0 Å². The third-order valence-electron chi connectivity index (χ3n) is 6.98. The SMILES string of the molecule is C=C/C=C\c1c(C)c2ccccc2c2ccc(-c3cc(-c4ccc(C)cc4)cc(N)c3/C=C\C)cc12. The number of aryl methyl sites for hydroxylation is 2. The zero-order valence-electron chi connectivity index (χ0n) is 21.2. The Morgan fingerprint density at radius 3 is 2.08 bits per heavy atom. The van der Waals surface area contributed by atoms with E-state index in [0.717, 1.165) is 33.5 Å². The Morgan fingerprint density at radius 2 is 1.36 bits per heavy atom. The van der Waals surface area contributed by atoms with Gasteiger partial charge < -0.3 is 5.73 Å². The van der Waals surface area contributed by atoms with Gasteiger partial charge in [0.05, 0.1) is 0 Å². The molecule has 0 unspecified atom stereocenters. The Labute approximate surface area is 213 Å². The Kier molecular flexibility index (Phi) is 6.31. The van der Waals surface area contributed by atoms with Crippen LogP contribution in [0.3, 0.4) is 0 Å². The molecule has 0 radical (unpaired) electrons. The van der Waals surface area contributed by atoms with Crippen LogP contribution in [-0.2, 0) is 0 Å². The molecule has 0 spiro atoms. The van der Waals surface area contributed by atoms with E-state index < -0.39 is 0 Å². The number of rotatable bonds is 5. The molecule has 176 valence electrons. The van der Waals surface area contributed by atoms with Gasteiger partial charge in [-0.05, 0) is 93.9 Å². The second-order valence-corrected chi connectivity index (χ2v) is 9.33. The van der Waals surface area contributed by atoms with Gasteiger partial charge in [0.2, 0.25) is 0 Å². The fourth-order valence-electron chi connectivity index (χ4n) is 5.12. The normalized spacial score (nSPS) is 11.8. The van der Waals surface area contributed by atoms with Crippen molar-refractivity contribution in [3.8, 4) is 22.3 Å². The van der Waals surface area contributed by atoms with Crippen molar-refractivity contribution in [1.29, 1.82) is 0 Å². The number of hydrogen-bond acceptors (Lipinski definition) is 1. The third kappa shape index (κ3) is 4.14. The average molecular weight is 466 g/mol. The van der Waals surface area contributed by atoms with E-state index in [-0.39, 0.29) is 0 Å². The van der Waals surface area contributed by atoms with Crippen LogP contribution in [-0.4, -0.2) is 0 Å². The summed E-state index contributed by atoms with van der Waals surface area (Å²) in [5, 5.41) is 5.03. The van der Waals surface area contributed by atoms with Crippen LogP contribution in [0.25, 0.3) is 56.0 Å². The molecule has 0 atom stereocenters. The summed E-state index contributed by atoms with van der Waals surface area (Å²) < 4.78 is 0. The molecule has 0 saturated carbocycles. The third-order valence-corrected chi connectivity index (χ3v) is 6.98. The summed E-state index contributed by atoms with van der Waals surface area (Å²) in [6, 6.07) is 28.4. The highest BCUT2D eigenvalue weighted by Crippen LogP contribution is 2.39. The van der Waals surface area contributed by atoms with Gasteiger partial charge >= 0.3 is 0 Å². The van der Waals surface area contributed by atoms with E-state index in [2.05, 4.69) is 118 Å². The number of hydrogen-bond donors (Lipinski definition) is 1. The standard InChI is InChI=1S/C35H31N/c1-5-7-11-29-24(4)28-12-8-9-13-30(28)31-19-18-26(20-34(29)31)33-21-27(22-35(36)32(33)10-6-2)25-16-14-23(3)15-17-25/h5-22H,1,36H2,2-4H3/b10-6-,11-7-. The zero-order valence-corrected chi connectivity index (χ0v) is 21.2. The van der Waals surface area contributed by atoms with Crippen LogP contribution >= 0.6 is 0 Å². The van der Waals surface area contributed by atoms with Crippen molar-refractivity contribution in [1.82, 2.24) is 0 Å². The minimum Gasteiger partial charge on any atom is -0.398 e. The first-order valence-electron chi connectivity index (χ1n) is 12.4. The molecule has 0 amide bonds. The van der Waals surface area contributed by atoms with Crippen LogP contribution in [0.15, 0.2) is 104 Å². The van der Waals surface area contributed by atoms with E-state index in [1.807, 2.05) is 19.1 Å². The Bertz CT molecular complexity index is 1660. The lowest BCUT2D eigenvalue weighted by Gasteiger charge is -2.17. The molecular formula is C35H31N. The van der Waals surface area contributed by atoms with Crippen LogP contribution in [0.5, 0.6) is 0 Å². The minimum atomic E-state index is 0.780. The number of anilines is 1. The van der Waals surface area contributed by atoms with Gasteiger partial charge in [0.15, 0.2) is 0 Å². The first-order valence-corrected chi connectivity index (χ1v) is 12.4. The van der Waals surface area contributed by atoms with Gasteiger partial charge in [-0.3, -0.25) is 0 Å². The van der Waals surface area contributed by atoms with E-state index in [1.165, 1.54) is 38.2 Å². The number of fused-ring (bicyclic) bond motifs is 3. The summed E-state index contributed by atoms with van der Waals surface area (Å²) in [5.41, 5.74) is 16.8. The zero-order chi connectivity index (χ0) is 25.2. The molecule has 1 heteroatoms. The van der Waals surface area contributed by atoms with Crippen molar-refractivity contribution in [2.75, 3.05) is 5.73 Å². The predicted octanol–water partition coefficient (Wildman–Crippen LogP) is 9.76. The molecule has 0 aliphatic heterocycles. The van der Waals surface area contributed by atoms with Crippen molar-refractivity contribution >= 4 is 39.4 Å². The molecule has 36 heavy (non-hydrogen) atoms. The minimum absolute atomic E-state index is 0.780. The lowest BCUT2D eigenvalue weighted by atomic mass is 9.88. The second-order valence-electron chi connectivity index (χ2n) is 9.33. The second kappa shape index (κ2) is 9.71. The summed E-state index contributed by atoms with van der Waals surface area (Å²) >= 11 is 0. The van der Waals surface area contributed by atoms with Crippen molar-refractivity contribution in [2.45, 2.75) is 20.8 Å². The summed E-state index contributed by atoms with van der Waals surface area (Å²) in [4.78, 5) is 0. The van der Waals surface area contributed by atoms with Crippen LogP contribution in [0.1, 0.15) is 29.2 Å². The number of nitrogen functional groups attached to an aromatic ring is 1. The van der Waals surface area contributed by atoms with Gasteiger partial charge in [0.1, 0.15) is 0 Å². The molecule has 0 saturated heterocycles. The smallest absolute Gasteiger partial charge is 0.0400 e. The van der Waals surface area contributed by atoms with E-state index in [4.69, 9.17) is 5.73 Å². The van der Waals surface area contributed by atoms with Crippen LogP contribution < -0.4 is 5.73 Å². The maximum absolute atomic E-state index is 6.65. The molecule has 0 aliphatic rings. The van der Waals surface area contributed by atoms with Gasteiger partial charge in [0.25, 0.3) is 0 Å². The summed E-state index contributed by atoms with van der Waals surface area (Å²) in [7, 11) is 0. The molecule has 5 rings (SSSR count). The van der Waals surface area contributed by atoms with Crippen molar-refractivity contribution in [3.63, 3.8) is 0 Å². The van der Waals surface area contributed by atoms with Crippen molar-refractivity contribution < 1.29 is 0 Å². The molecule has 0 aliphatic carbocycles. The van der Waals surface area contributed by atoms with Crippen LogP contribution in [0.4, 0.5) is 5.69 Å². The maximum atomic E-state index is 6.65. The van der Waals surface area contributed by atoms with E-state index in [0.29, 0.717) is 0 Å². The maximum Gasteiger partial charge on any atom is 0.0400 e. The molecule has 2 N–H and O–H groups in total. The first kappa shape index (κ1) is 23.4. The van der Waals surface area contributed by atoms with Crippen molar-refractivity contribution in [3.05, 3.63) is 126 Å². The predicted molar refractivity (Wildman–Crippen MR) is 160 cm³/mol. The number of allylic oxidation sites excluding steroid dienone is 3. The first-order chi connectivity index (χ1) is 17.5. The summed E-state index contributed by atoms with van der Waals surface area (Å²) in [6.07, 6.45) is 10.2. The van der Waals surface area contributed by atoms with Gasteiger partial charge in [0, 0.05) is 11.3 Å². The topological polar surface area (TPSA) is 26.0 Å². The highest BCUT2D eigenvalue weighted by atomic mass is 14.6. The molecule has 5 aromatic carbocycles. The lowest BCUT2D eigenvalue weighted by Crippen LogP contribution is -1.96. The van der Waals surface area contributed by atoms with Gasteiger partial charge in [-0.2, -0.15) is 0 Å². The Morgan fingerprint density at radius 1 is 0.667 bits per heavy atom. The highest BCUT2D eigenvalue weighted by molar-refractivity contribution is 6.13. The quantitative estimate of drug-likeness (QED) is 0.156. The van der Waals surface area contributed by atoms with Gasteiger partial charge in [-0.15, -0.1) is 0 Å². The molecule has 0 aromatic heterocycles. The lowest BCUT2D eigenvalue weighted by molar-refractivity contribution is 1.47. The molecule has 5 aromatic rings. The number of nitrogens with two attached hydrogens (primary N) is 1. The Hall–Kier alpha value is -4.36. The fourth-order valence-corrected chi connectivity index (χ4v) is 5.12. The number of benzene rings is 5. The monoisotopic (exact) mass is 465 g/mol. The molecule has 0 heterocycles. The molecule has 0 bridgehead atoms. The fraction of sp³-hybridized carbons (Fsp3) is 0.0857. The molecular weight excluding hydrogens is 434 g/mol. The van der Waals surface area contributed by atoms with Gasteiger partial charge in [-0.1, -0.05) is 103 Å². The largest absolute Gasteiger partial charge is 0.398 e. The summed E-state index contributed by atoms with van der Waals surface area (Å²) in [5.74, 6) is 0. The van der Waals surface area contributed by atoms with Crippen molar-refractivity contribution in [2.24, 2.45) is 0 Å².